The first kappa shape index (κ1) is 25.2. The molecular formula is C21H34N2O7Si. The number of ketones is 1. The van der Waals surface area contributed by atoms with Crippen LogP contribution >= 0.6 is 0 Å². The van der Waals surface area contributed by atoms with E-state index in [4.69, 9.17) is 13.9 Å². The molecule has 0 radical (unpaired) electrons. The van der Waals surface area contributed by atoms with Crippen LogP contribution in [0.25, 0.3) is 0 Å². The molecule has 0 aromatic carbocycles. The van der Waals surface area contributed by atoms with Gasteiger partial charge in [0, 0.05) is 24.6 Å². The Morgan fingerprint density at radius 1 is 1.26 bits per heavy atom. The van der Waals surface area contributed by atoms with Crippen molar-refractivity contribution in [2.45, 2.75) is 90.4 Å². The van der Waals surface area contributed by atoms with Crippen molar-refractivity contribution >= 4 is 20.1 Å². The van der Waals surface area contributed by atoms with Gasteiger partial charge in [-0.15, -0.1) is 0 Å². The Morgan fingerprint density at radius 3 is 2.48 bits per heavy atom. The zero-order chi connectivity index (χ0) is 23.6. The molecule has 0 amide bonds. The molecule has 3 atom stereocenters. The number of hydrogen-bond acceptors (Lipinski definition) is 7. The van der Waals surface area contributed by atoms with E-state index >= 15 is 0 Å². The quantitative estimate of drug-likeness (QED) is 0.473. The third-order valence-electron chi connectivity index (χ3n) is 6.02. The highest BCUT2D eigenvalue weighted by atomic mass is 28.4. The second-order valence-corrected chi connectivity index (χ2v) is 14.5. The molecule has 1 saturated heterocycles. The number of aryl methyl sites for hydroxylation is 1. The van der Waals surface area contributed by atoms with Gasteiger partial charge in [0.05, 0.1) is 13.0 Å². The van der Waals surface area contributed by atoms with Crippen molar-refractivity contribution in [3.05, 3.63) is 32.6 Å². The third-order valence-corrected chi connectivity index (χ3v) is 10.5. The van der Waals surface area contributed by atoms with Crippen molar-refractivity contribution in [1.29, 1.82) is 0 Å². The van der Waals surface area contributed by atoms with Gasteiger partial charge in [-0.2, -0.15) is 0 Å². The molecule has 1 aliphatic rings. The fourth-order valence-electron chi connectivity index (χ4n) is 2.96. The van der Waals surface area contributed by atoms with E-state index in [0.717, 1.165) is 0 Å². The predicted octanol–water partition coefficient (Wildman–Crippen LogP) is 2.44. The number of rotatable bonds is 8. The second-order valence-electron chi connectivity index (χ2n) is 9.65. The molecule has 2 rings (SSSR count). The first-order chi connectivity index (χ1) is 14.2. The van der Waals surface area contributed by atoms with E-state index in [1.54, 1.807) is 6.92 Å². The molecule has 0 spiro atoms. The zero-order valence-corrected chi connectivity index (χ0v) is 20.4. The summed E-state index contributed by atoms with van der Waals surface area (Å²) in [7, 11) is -2.08. The standard InChI is InChI=1S/C21H34N2O7Si/c1-13-11-23(20(27)22-19(13)26)17-10-15(30-18(25)9-8-14(2)24)16(29-17)12-28-31(6,7)21(3,4)5/h11,15-17H,8-10,12H2,1-7H3,(H,22,26,27)/t15?,16-,17-/m1/s1. The van der Waals surface area contributed by atoms with Gasteiger partial charge < -0.3 is 18.7 Å². The molecule has 2 heterocycles. The highest BCUT2D eigenvalue weighted by Gasteiger charge is 2.43. The summed E-state index contributed by atoms with van der Waals surface area (Å²) >= 11 is 0. The second kappa shape index (κ2) is 9.62. The Morgan fingerprint density at radius 2 is 1.90 bits per heavy atom. The Kier molecular flexibility index (Phi) is 7.83. The van der Waals surface area contributed by atoms with Crippen molar-refractivity contribution in [2.24, 2.45) is 0 Å². The predicted molar refractivity (Wildman–Crippen MR) is 118 cm³/mol. The van der Waals surface area contributed by atoms with Crippen LogP contribution in [0.5, 0.6) is 0 Å². The van der Waals surface area contributed by atoms with E-state index in [2.05, 4.69) is 38.8 Å². The molecule has 10 heteroatoms. The average molecular weight is 455 g/mol. The normalized spacial score (nSPS) is 21.8. The van der Waals surface area contributed by atoms with Gasteiger partial charge in [-0.1, -0.05) is 20.8 Å². The van der Waals surface area contributed by atoms with Crippen molar-refractivity contribution in [1.82, 2.24) is 9.55 Å². The summed E-state index contributed by atoms with van der Waals surface area (Å²) in [6.45, 7) is 13.8. The molecule has 9 nitrogen and oxygen atoms in total. The van der Waals surface area contributed by atoms with Crippen LogP contribution in [0.2, 0.25) is 18.1 Å². The number of nitrogens with one attached hydrogen (secondary N) is 1. The number of ether oxygens (including phenoxy) is 2. The maximum Gasteiger partial charge on any atom is 0.330 e. The van der Waals surface area contributed by atoms with Crippen LogP contribution in [0.3, 0.4) is 0 Å². The summed E-state index contributed by atoms with van der Waals surface area (Å²) in [4.78, 5) is 49.7. The summed E-state index contributed by atoms with van der Waals surface area (Å²) in [5.41, 5.74) is -0.670. The lowest BCUT2D eigenvalue weighted by Crippen LogP contribution is -2.44. The molecule has 1 aromatic heterocycles. The molecule has 31 heavy (non-hydrogen) atoms. The maximum absolute atomic E-state index is 12.3. The van der Waals surface area contributed by atoms with Gasteiger partial charge in [-0.3, -0.25) is 19.1 Å². The molecule has 1 unspecified atom stereocenters. The lowest BCUT2D eigenvalue weighted by Gasteiger charge is -2.37. The van der Waals surface area contributed by atoms with E-state index in [1.807, 2.05) is 0 Å². The van der Waals surface area contributed by atoms with Crippen LogP contribution in [0.1, 0.15) is 58.7 Å². The number of nitrogens with zero attached hydrogens (tertiary/aromatic N) is 1. The smallest absolute Gasteiger partial charge is 0.330 e. The minimum atomic E-state index is -2.08. The van der Waals surface area contributed by atoms with Crippen LogP contribution in [-0.4, -0.2) is 48.4 Å². The first-order valence-electron chi connectivity index (χ1n) is 10.5. The Labute approximate surface area is 183 Å². The molecule has 1 fully saturated rings. The van der Waals surface area contributed by atoms with Crippen LogP contribution in [0, 0.1) is 6.92 Å². The van der Waals surface area contributed by atoms with Gasteiger partial charge >= 0.3 is 11.7 Å². The van der Waals surface area contributed by atoms with Gasteiger partial charge in [0.15, 0.2) is 8.32 Å². The van der Waals surface area contributed by atoms with E-state index in [0.29, 0.717) is 5.56 Å². The Bertz CT molecular complexity index is 929. The number of H-pyrrole nitrogens is 1. The molecule has 174 valence electrons. The number of aromatic nitrogens is 2. The maximum atomic E-state index is 12.3. The summed E-state index contributed by atoms with van der Waals surface area (Å²) in [6.07, 6.45) is -0.126. The highest BCUT2D eigenvalue weighted by Crippen LogP contribution is 2.38. The average Bonchev–Trinajstić information content (AvgIpc) is 3.03. The topological polar surface area (TPSA) is 117 Å². The fraction of sp³-hybridized carbons (Fsp3) is 0.714. The number of Topliss-reactive ketones (excluding diaryl/α,β-unsaturated/α-hetero) is 1. The van der Waals surface area contributed by atoms with Gasteiger partial charge in [0.1, 0.15) is 24.2 Å². The monoisotopic (exact) mass is 454 g/mol. The summed E-state index contributed by atoms with van der Waals surface area (Å²) in [5, 5.41) is -0.00830. The molecule has 1 aromatic rings. The first-order valence-corrected chi connectivity index (χ1v) is 13.4. The molecular weight excluding hydrogens is 420 g/mol. The number of esters is 1. The minimum Gasteiger partial charge on any atom is -0.459 e. The van der Waals surface area contributed by atoms with Gasteiger partial charge in [0.25, 0.3) is 5.56 Å². The van der Waals surface area contributed by atoms with Crippen LogP contribution in [-0.2, 0) is 23.5 Å². The molecule has 1 N–H and O–H groups in total. The molecule has 0 bridgehead atoms. The van der Waals surface area contributed by atoms with Crippen molar-refractivity contribution in [3.8, 4) is 0 Å². The number of hydrogen-bond donors (Lipinski definition) is 1. The van der Waals surface area contributed by atoms with E-state index in [1.165, 1.54) is 17.7 Å². The lowest BCUT2D eigenvalue weighted by molar-refractivity contribution is -0.153. The van der Waals surface area contributed by atoms with E-state index in [9.17, 15) is 19.2 Å². The zero-order valence-electron chi connectivity index (χ0n) is 19.4. The van der Waals surface area contributed by atoms with Crippen LogP contribution in [0.4, 0.5) is 0 Å². The number of aromatic amines is 1. The Hall–Kier alpha value is -2.04. The minimum absolute atomic E-state index is 0.00830. The van der Waals surface area contributed by atoms with Crippen LogP contribution < -0.4 is 11.2 Å². The summed E-state index contributed by atoms with van der Waals surface area (Å²) in [6, 6.07) is 0. The van der Waals surface area contributed by atoms with E-state index < -0.39 is 44.0 Å². The lowest BCUT2D eigenvalue weighted by atomic mass is 10.1. The summed E-state index contributed by atoms with van der Waals surface area (Å²) in [5.74, 6) is -0.586. The third kappa shape index (κ3) is 6.47. The molecule has 0 aliphatic carbocycles. The number of carbonyl (C=O) groups excluding carboxylic acids is 2. The largest absolute Gasteiger partial charge is 0.459 e. The fourth-order valence-corrected chi connectivity index (χ4v) is 3.97. The van der Waals surface area contributed by atoms with Crippen molar-refractivity contribution in [2.75, 3.05) is 6.61 Å². The van der Waals surface area contributed by atoms with Crippen LogP contribution in [0.15, 0.2) is 15.8 Å². The van der Waals surface area contributed by atoms with Crippen molar-refractivity contribution in [3.63, 3.8) is 0 Å². The molecule has 1 aliphatic heterocycles. The van der Waals surface area contributed by atoms with Gasteiger partial charge in [0.2, 0.25) is 0 Å². The van der Waals surface area contributed by atoms with Crippen molar-refractivity contribution < 1.29 is 23.5 Å². The Balaban J connectivity index is 2.21. The SMILES string of the molecule is CC(=O)CCC(=O)OC1C[C@H](n2cc(C)c(=O)[nH]c2=O)O[C@@H]1CO[Si](C)(C)C(C)(C)C. The number of carbonyl (C=O) groups is 2. The van der Waals surface area contributed by atoms with E-state index in [-0.39, 0.29) is 36.7 Å². The molecule has 0 saturated carbocycles. The summed E-state index contributed by atoms with van der Waals surface area (Å²) < 4.78 is 19.2. The van der Waals surface area contributed by atoms with Gasteiger partial charge in [-0.25, -0.2) is 4.79 Å². The van der Waals surface area contributed by atoms with Gasteiger partial charge in [-0.05, 0) is 32.0 Å². The highest BCUT2D eigenvalue weighted by molar-refractivity contribution is 6.74.